The summed E-state index contributed by atoms with van der Waals surface area (Å²) in [6.45, 7) is 0. The van der Waals surface area contributed by atoms with Crippen LogP contribution in [0.25, 0.3) is 0 Å². The predicted molar refractivity (Wildman–Crippen MR) is 58.0 cm³/mol. The van der Waals surface area contributed by atoms with Crippen LogP contribution in [0.2, 0.25) is 5.02 Å². The Morgan fingerprint density at radius 3 is 2.36 bits per heavy atom. The summed E-state index contributed by atoms with van der Waals surface area (Å²) in [5.74, 6) is -0.991. The molecule has 0 saturated heterocycles. The molecule has 0 radical (unpaired) electrons. The van der Waals surface area contributed by atoms with Gasteiger partial charge < -0.3 is 10.8 Å². The highest BCUT2D eigenvalue weighted by Crippen LogP contribution is 2.10. The Morgan fingerprint density at radius 1 is 1.43 bits per heavy atom. The van der Waals surface area contributed by atoms with Crippen molar-refractivity contribution in [2.75, 3.05) is 0 Å². The summed E-state index contributed by atoms with van der Waals surface area (Å²) in [5.41, 5.74) is 6.23. The monoisotopic (exact) mass is 235 g/mol. The third-order valence-electron chi connectivity index (χ3n) is 1.69. The van der Waals surface area contributed by atoms with Gasteiger partial charge in [-0.15, -0.1) is 12.4 Å². The van der Waals surface area contributed by atoms with Crippen molar-refractivity contribution in [2.45, 2.75) is 12.5 Å². The van der Waals surface area contributed by atoms with Gasteiger partial charge >= 0.3 is 5.97 Å². The molecule has 3 nitrogen and oxygen atoms in total. The second-order valence-corrected chi connectivity index (χ2v) is 3.21. The third kappa shape index (κ3) is 3.96. The lowest BCUT2D eigenvalue weighted by molar-refractivity contribution is -0.138. The van der Waals surface area contributed by atoms with Crippen LogP contribution >= 0.6 is 24.0 Å². The van der Waals surface area contributed by atoms with E-state index < -0.39 is 12.0 Å². The molecule has 1 aromatic carbocycles. The summed E-state index contributed by atoms with van der Waals surface area (Å²) in [6, 6.07) is 6.12. The van der Waals surface area contributed by atoms with E-state index in [1.54, 1.807) is 24.3 Å². The molecule has 0 saturated carbocycles. The molecule has 0 aliphatic carbocycles. The van der Waals surface area contributed by atoms with Crippen molar-refractivity contribution in [3.8, 4) is 0 Å². The molecule has 1 unspecified atom stereocenters. The molecule has 0 spiro atoms. The Kier molecular flexibility index (Phi) is 5.53. The van der Waals surface area contributed by atoms with Gasteiger partial charge in [-0.25, -0.2) is 0 Å². The fourth-order valence-electron chi connectivity index (χ4n) is 0.962. The van der Waals surface area contributed by atoms with E-state index >= 15 is 0 Å². The highest BCUT2D eigenvalue weighted by Gasteiger charge is 2.11. The van der Waals surface area contributed by atoms with Gasteiger partial charge in [0.25, 0.3) is 0 Å². The number of rotatable bonds is 3. The van der Waals surface area contributed by atoms with Gasteiger partial charge in [0, 0.05) is 5.02 Å². The van der Waals surface area contributed by atoms with E-state index in [1.165, 1.54) is 0 Å². The summed E-state index contributed by atoms with van der Waals surface area (Å²) in [4.78, 5) is 10.4. The molecular formula is C9H11Cl2NO2. The number of carboxylic acid groups (broad SMARTS) is 1. The van der Waals surface area contributed by atoms with Crippen LogP contribution in [0.4, 0.5) is 0 Å². The molecule has 0 bridgehead atoms. The zero-order valence-electron chi connectivity index (χ0n) is 7.31. The number of benzene rings is 1. The van der Waals surface area contributed by atoms with Crippen molar-refractivity contribution in [1.82, 2.24) is 0 Å². The van der Waals surface area contributed by atoms with E-state index in [0.717, 1.165) is 5.56 Å². The number of hydrogen-bond donors (Lipinski definition) is 2. The lowest BCUT2D eigenvalue weighted by atomic mass is 10.1. The van der Waals surface area contributed by atoms with E-state index in [0.29, 0.717) is 11.4 Å². The average molecular weight is 236 g/mol. The Morgan fingerprint density at radius 2 is 1.93 bits per heavy atom. The molecule has 1 atom stereocenters. The molecule has 1 rings (SSSR count). The topological polar surface area (TPSA) is 63.3 Å². The molecule has 0 fully saturated rings. The van der Waals surface area contributed by atoms with Crippen molar-refractivity contribution in [1.29, 1.82) is 0 Å². The van der Waals surface area contributed by atoms with Crippen molar-refractivity contribution in [3.63, 3.8) is 0 Å². The van der Waals surface area contributed by atoms with E-state index in [-0.39, 0.29) is 12.4 Å². The van der Waals surface area contributed by atoms with Crippen LogP contribution in [0.3, 0.4) is 0 Å². The van der Waals surface area contributed by atoms with Crippen molar-refractivity contribution in [3.05, 3.63) is 34.9 Å². The summed E-state index contributed by atoms with van der Waals surface area (Å²) < 4.78 is 0. The minimum Gasteiger partial charge on any atom is -0.480 e. The molecule has 3 N–H and O–H groups in total. The van der Waals surface area contributed by atoms with Crippen molar-refractivity contribution in [2.24, 2.45) is 5.73 Å². The molecule has 0 amide bonds. The number of hydrogen-bond acceptors (Lipinski definition) is 2. The standard InChI is InChI=1S/C9H10ClNO2.ClH/c10-7-3-1-6(2-4-7)5-8(11)9(12)13;/h1-4,8H,5,11H2,(H,12,13);1H. The Bertz CT molecular complexity index is 300. The lowest BCUT2D eigenvalue weighted by Gasteiger charge is -2.05. The normalized spacial score (nSPS) is 11.6. The SMILES string of the molecule is Cl.NC(Cc1ccc(Cl)cc1)C(=O)O. The first-order valence-corrected chi connectivity index (χ1v) is 4.20. The van der Waals surface area contributed by atoms with Gasteiger partial charge in [0.2, 0.25) is 0 Å². The zero-order valence-corrected chi connectivity index (χ0v) is 8.89. The summed E-state index contributed by atoms with van der Waals surface area (Å²) in [6.07, 6.45) is 0.326. The summed E-state index contributed by atoms with van der Waals surface area (Å²) in [5, 5.41) is 9.18. The second kappa shape index (κ2) is 5.86. The minimum absolute atomic E-state index is 0. The highest BCUT2D eigenvalue weighted by atomic mass is 35.5. The van der Waals surface area contributed by atoms with Gasteiger partial charge in [0.1, 0.15) is 6.04 Å². The molecule has 0 aromatic heterocycles. The van der Waals surface area contributed by atoms with Crippen LogP contribution in [-0.4, -0.2) is 17.1 Å². The van der Waals surface area contributed by atoms with Gasteiger partial charge in [-0.2, -0.15) is 0 Å². The quantitative estimate of drug-likeness (QED) is 0.839. The van der Waals surface area contributed by atoms with Crippen LogP contribution in [0, 0.1) is 0 Å². The summed E-state index contributed by atoms with van der Waals surface area (Å²) >= 11 is 5.66. The van der Waals surface area contributed by atoms with Gasteiger partial charge in [-0.3, -0.25) is 4.79 Å². The fraction of sp³-hybridized carbons (Fsp3) is 0.222. The Hall–Kier alpha value is -0.770. The highest BCUT2D eigenvalue weighted by molar-refractivity contribution is 6.30. The Balaban J connectivity index is 0.00000169. The number of aliphatic carboxylic acids is 1. The van der Waals surface area contributed by atoms with Crippen LogP contribution in [0.15, 0.2) is 24.3 Å². The number of nitrogens with two attached hydrogens (primary N) is 1. The second-order valence-electron chi connectivity index (χ2n) is 2.78. The van der Waals surface area contributed by atoms with Crippen molar-refractivity contribution >= 4 is 30.0 Å². The number of carbonyl (C=O) groups is 1. The zero-order chi connectivity index (χ0) is 9.84. The van der Waals surface area contributed by atoms with E-state index in [1.807, 2.05) is 0 Å². The molecule has 5 heteroatoms. The first-order chi connectivity index (χ1) is 6.09. The van der Waals surface area contributed by atoms with Gasteiger partial charge in [-0.1, -0.05) is 23.7 Å². The molecule has 0 aliphatic heterocycles. The van der Waals surface area contributed by atoms with Crippen LogP contribution in [-0.2, 0) is 11.2 Å². The van der Waals surface area contributed by atoms with Crippen molar-refractivity contribution < 1.29 is 9.90 Å². The maximum absolute atomic E-state index is 10.4. The lowest BCUT2D eigenvalue weighted by Crippen LogP contribution is -2.32. The molecule has 78 valence electrons. The van der Waals surface area contributed by atoms with Crippen LogP contribution in [0.5, 0.6) is 0 Å². The average Bonchev–Trinajstić information content (AvgIpc) is 2.08. The predicted octanol–water partition coefficient (Wildman–Crippen LogP) is 1.72. The maximum Gasteiger partial charge on any atom is 0.320 e. The van der Waals surface area contributed by atoms with Gasteiger partial charge in [-0.05, 0) is 24.1 Å². The molecule has 0 aliphatic rings. The minimum atomic E-state index is -0.991. The number of halogens is 2. The van der Waals surface area contributed by atoms with E-state index in [2.05, 4.69) is 0 Å². The smallest absolute Gasteiger partial charge is 0.320 e. The molecule has 1 aromatic rings. The molecular weight excluding hydrogens is 225 g/mol. The van der Waals surface area contributed by atoms with Gasteiger partial charge in [0.05, 0.1) is 0 Å². The van der Waals surface area contributed by atoms with Crippen LogP contribution in [0.1, 0.15) is 5.56 Å². The van der Waals surface area contributed by atoms with Crippen LogP contribution < -0.4 is 5.73 Å². The maximum atomic E-state index is 10.4. The third-order valence-corrected chi connectivity index (χ3v) is 1.94. The molecule has 0 heterocycles. The largest absolute Gasteiger partial charge is 0.480 e. The summed E-state index contributed by atoms with van der Waals surface area (Å²) in [7, 11) is 0. The molecule has 14 heavy (non-hydrogen) atoms. The van der Waals surface area contributed by atoms with E-state index in [9.17, 15) is 4.79 Å². The first kappa shape index (κ1) is 13.2. The van der Waals surface area contributed by atoms with E-state index in [4.69, 9.17) is 22.4 Å². The fourth-order valence-corrected chi connectivity index (χ4v) is 1.09. The first-order valence-electron chi connectivity index (χ1n) is 3.82. The van der Waals surface area contributed by atoms with Gasteiger partial charge in [0.15, 0.2) is 0 Å². The Labute approximate surface area is 93.3 Å². The number of carboxylic acids is 1.